The monoisotopic (exact) mass is 356 g/mol. The van der Waals surface area contributed by atoms with E-state index in [9.17, 15) is 19.5 Å². The summed E-state index contributed by atoms with van der Waals surface area (Å²) >= 11 is 0. The fourth-order valence-electron chi connectivity index (χ4n) is 2.25. The Labute approximate surface area is 151 Å². The molecule has 0 saturated carbocycles. The van der Waals surface area contributed by atoms with Gasteiger partial charge >= 0.3 is 11.9 Å². The molecule has 6 heteroatoms. The van der Waals surface area contributed by atoms with Gasteiger partial charge in [0.05, 0.1) is 23.8 Å². The number of carbonyl (C=O) groups is 3. The Hall–Kier alpha value is -2.99. The molecule has 0 aromatic heterocycles. The van der Waals surface area contributed by atoms with Crippen LogP contribution in [0, 0.1) is 5.92 Å². The topological polar surface area (TPSA) is 89.9 Å². The minimum atomic E-state index is -1.13. The van der Waals surface area contributed by atoms with Gasteiger partial charge in [-0.05, 0) is 24.3 Å². The predicted molar refractivity (Wildman–Crippen MR) is 93.6 cm³/mol. The van der Waals surface area contributed by atoms with Crippen LogP contribution in [0.15, 0.2) is 60.7 Å². The number of aliphatic hydroxyl groups is 1. The Balaban J connectivity index is 1.86. The molecule has 0 aliphatic heterocycles. The molecule has 0 heterocycles. The second-order valence-electron chi connectivity index (χ2n) is 5.66. The van der Waals surface area contributed by atoms with E-state index in [-0.39, 0.29) is 19.6 Å². The van der Waals surface area contributed by atoms with Crippen molar-refractivity contribution in [2.24, 2.45) is 5.92 Å². The molecular formula is C20H20O6. The number of aliphatic hydroxyl groups excluding tert-OH is 1. The SMILES string of the molecule is O=CC[C@H](COC(=O)c1ccccc1)[C@H](O)COC(=O)c1ccccc1. The van der Waals surface area contributed by atoms with Crippen LogP contribution in [0.5, 0.6) is 0 Å². The van der Waals surface area contributed by atoms with Crippen LogP contribution in [0.2, 0.25) is 0 Å². The lowest BCUT2D eigenvalue weighted by atomic mass is 10.0. The molecule has 0 unspecified atom stereocenters. The van der Waals surface area contributed by atoms with Crippen LogP contribution in [-0.2, 0) is 14.3 Å². The molecule has 2 aromatic carbocycles. The average Bonchev–Trinajstić information content (AvgIpc) is 2.70. The van der Waals surface area contributed by atoms with Crippen molar-refractivity contribution in [1.82, 2.24) is 0 Å². The largest absolute Gasteiger partial charge is 0.462 e. The fourth-order valence-corrected chi connectivity index (χ4v) is 2.25. The zero-order chi connectivity index (χ0) is 18.8. The highest BCUT2D eigenvalue weighted by molar-refractivity contribution is 5.89. The summed E-state index contributed by atoms with van der Waals surface area (Å²) in [6, 6.07) is 16.8. The molecule has 26 heavy (non-hydrogen) atoms. The highest BCUT2D eigenvalue weighted by atomic mass is 16.5. The third-order valence-corrected chi connectivity index (χ3v) is 3.78. The van der Waals surface area contributed by atoms with E-state index in [4.69, 9.17) is 9.47 Å². The summed E-state index contributed by atoms with van der Waals surface area (Å²) in [4.78, 5) is 34.7. The minimum absolute atomic E-state index is 0.0217. The molecule has 0 fully saturated rings. The fraction of sp³-hybridized carbons (Fsp3) is 0.250. The Kier molecular flexibility index (Phi) is 7.51. The highest BCUT2D eigenvalue weighted by Crippen LogP contribution is 2.12. The highest BCUT2D eigenvalue weighted by Gasteiger charge is 2.23. The van der Waals surface area contributed by atoms with Gasteiger partial charge in [-0.25, -0.2) is 9.59 Å². The molecule has 0 aliphatic rings. The molecule has 0 saturated heterocycles. The van der Waals surface area contributed by atoms with Crippen molar-refractivity contribution < 1.29 is 29.0 Å². The van der Waals surface area contributed by atoms with Gasteiger partial charge in [-0.15, -0.1) is 0 Å². The molecule has 0 radical (unpaired) electrons. The summed E-state index contributed by atoms with van der Waals surface area (Å²) in [5, 5.41) is 10.2. The molecular weight excluding hydrogens is 336 g/mol. The Morgan fingerprint density at radius 3 is 1.77 bits per heavy atom. The van der Waals surface area contributed by atoms with Crippen molar-refractivity contribution in [1.29, 1.82) is 0 Å². The first-order valence-electron chi connectivity index (χ1n) is 8.18. The zero-order valence-corrected chi connectivity index (χ0v) is 14.1. The zero-order valence-electron chi connectivity index (χ0n) is 14.1. The Morgan fingerprint density at radius 1 is 0.846 bits per heavy atom. The number of ether oxygens (including phenoxy) is 2. The van der Waals surface area contributed by atoms with Crippen LogP contribution >= 0.6 is 0 Å². The van der Waals surface area contributed by atoms with Gasteiger partial charge in [-0.3, -0.25) is 0 Å². The van der Waals surface area contributed by atoms with Crippen molar-refractivity contribution in [2.45, 2.75) is 12.5 Å². The van der Waals surface area contributed by atoms with Crippen LogP contribution in [0.3, 0.4) is 0 Å². The number of benzene rings is 2. The lowest BCUT2D eigenvalue weighted by Gasteiger charge is -2.20. The molecule has 0 aliphatic carbocycles. The third kappa shape index (κ3) is 5.82. The quantitative estimate of drug-likeness (QED) is 0.548. The van der Waals surface area contributed by atoms with E-state index >= 15 is 0 Å². The number of hydrogen-bond acceptors (Lipinski definition) is 6. The standard InChI is InChI=1S/C20H20O6/c21-12-11-17(13-25-19(23)15-7-3-1-4-8-15)18(22)14-26-20(24)16-9-5-2-6-10-16/h1-10,12,17-18,22H,11,13-14H2/t17-,18-/m1/s1. The molecule has 0 spiro atoms. The van der Waals surface area contributed by atoms with Gasteiger partial charge in [-0.1, -0.05) is 36.4 Å². The number of hydrogen-bond donors (Lipinski definition) is 1. The second kappa shape index (κ2) is 10.1. The number of rotatable bonds is 9. The van der Waals surface area contributed by atoms with E-state index in [1.165, 1.54) is 0 Å². The van der Waals surface area contributed by atoms with Gasteiger partial charge in [0, 0.05) is 12.3 Å². The normalized spacial score (nSPS) is 12.7. The maximum atomic E-state index is 11.9. The molecule has 2 aromatic rings. The average molecular weight is 356 g/mol. The van der Waals surface area contributed by atoms with E-state index < -0.39 is 24.0 Å². The van der Waals surface area contributed by atoms with Gasteiger partial charge in [0.15, 0.2) is 0 Å². The summed E-state index contributed by atoms with van der Waals surface area (Å²) in [6.45, 7) is -0.453. The summed E-state index contributed by atoms with van der Waals surface area (Å²) in [6.07, 6.45) is -0.522. The predicted octanol–water partition coefficient (Wildman–Crippen LogP) is 2.27. The lowest BCUT2D eigenvalue weighted by Crippen LogP contribution is -2.31. The maximum Gasteiger partial charge on any atom is 0.338 e. The van der Waals surface area contributed by atoms with Gasteiger partial charge < -0.3 is 19.4 Å². The summed E-state index contributed by atoms with van der Waals surface area (Å²) in [5.74, 6) is -1.78. The maximum absolute atomic E-state index is 11.9. The molecule has 6 nitrogen and oxygen atoms in total. The Bertz CT molecular complexity index is 714. The summed E-state index contributed by atoms with van der Waals surface area (Å²) < 4.78 is 10.2. The Morgan fingerprint density at radius 2 is 1.31 bits per heavy atom. The van der Waals surface area contributed by atoms with Crippen molar-refractivity contribution in [3.63, 3.8) is 0 Å². The van der Waals surface area contributed by atoms with Gasteiger partial charge in [-0.2, -0.15) is 0 Å². The molecule has 2 rings (SSSR count). The van der Waals surface area contributed by atoms with Crippen molar-refractivity contribution in [2.75, 3.05) is 13.2 Å². The first-order valence-corrected chi connectivity index (χ1v) is 8.18. The van der Waals surface area contributed by atoms with Gasteiger partial charge in [0.1, 0.15) is 12.9 Å². The molecule has 2 atom stereocenters. The number of carbonyl (C=O) groups excluding carboxylic acids is 3. The third-order valence-electron chi connectivity index (χ3n) is 3.78. The van der Waals surface area contributed by atoms with Crippen LogP contribution in [-0.4, -0.2) is 42.6 Å². The minimum Gasteiger partial charge on any atom is -0.462 e. The van der Waals surface area contributed by atoms with Crippen molar-refractivity contribution >= 4 is 18.2 Å². The second-order valence-corrected chi connectivity index (χ2v) is 5.66. The first-order chi connectivity index (χ1) is 12.6. The molecule has 136 valence electrons. The van der Waals surface area contributed by atoms with Gasteiger partial charge in [0.25, 0.3) is 0 Å². The number of esters is 2. The number of aldehydes is 1. The van der Waals surface area contributed by atoms with E-state index in [1.54, 1.807) is 60.7 Å². The summed E-state index contributed by atoms with van der Waals surface area (Å²) in [7, 11) is 0. The smallest absolute Gasteiger partial charge is 0.338 e. The van der Waals surface area contributed by atoms with E-state index in [1.807, 2.05) is 0 Å². The van der Waals surface area contributed by atoms with Crippen molar-refractivity contribution in [3.8, 4) is 0 Å². The van der Waals surface area contributed by atoms with Crippen molar-refractivity contribution in [3.05, 3.63) is 71.8 Å². The first kappa shape index (κ1) is 19.3. The van der Waals surface area contributed by atoms with Gasteiger partial charge in [0.2, 0.25) is 0 Å². The van der Waals surface area contributed by atoms with Crippen LogP contribution in [0.4, 0.5) is 0 Å². The van der Waals surface area contributed by atoms with E-state index in [0.717, 1.165) is 0 Å². The summed E-state index contributed by atoms with van der Waals surface area (Å²) in [5.41, 5.74) is 0.740. The van der Waals surface area contributed by atoms with E-state index in [0.29, 0.717) is 17.4 Å². The van der Waals surface area contributed by atoms with Crippen LogP contribution in [0.25, 0.3) is 0 Å². The molecule has 0 bridgehead atoms. The molecule has 1 N–H and O–H groups in total. The van der Waals surface area contributed by atoms with Crippen LogP contribution in [0.1, 0.15) is 27.1 Å². The van der Waals surface area contributed by atoms with Crippen LogP contribution < -0.4 is 0 Å². The van der Waals surface area contributed by atoms with E-state index in [2.05, 4.69) is 0 Å². The molecule has 0 amide bonds. The lowest BCUT2D eigenvalue weighted by molar-refractivity contribution is -0.110.